The van der Waals surface area contributed by atoms with Crippen molar-refractivity contribution < 1.29 is 0 Å². The molecule has 0 aromatic heterocycles. The van der Waals surface area contributed by atoms with Gasteiger partial charge in [0.15, 0.2) is 0 Å². The van der Waals surface area contributed by atoms with E-state index in [-0.39, 0.29) is 12.0 Å². The second-order valence-corrected chi connectivity index (χ2v) is 2.49. The van der Waals surface area contributed by atoms with E-state index in [0.717, 1.165) is 12.8 Å². The number of nitriles is 2. The van der Waals surface area contributed by atoms with Crippen LogP contribution in [0.1, 0.15) is 12.8 Å². The van der Waals surface area contributed by atoms with Gasteiger partial charge in [0.05, 0.1) is 24.1 Å². The third-order valence-corrected chi connectivity index (χ3v) is 1.75. The third-order valence-electron chi connectivity index (χ3n) is 1.75. The van der Waals surface area contributed by atoms with E-state index >= 15 is 0 Å². The molecule has 0 aliphatic carbocycles. The Morgan fingerprint density at radius 3 is 2.40 bits per heavy atom. The van der Waals surface area contributed by atoms with Gasteiger partial charge in [-0.25, -0.2) is 0 Å². The Labute approximate surface area is 60.3 Å². The summed E-state index contributed by atoms with van der Waals surface area (Å²) in [6.07, 6.45) is 1.68. The van der Waals surface area contributed by atoms with Crippen LogP contribution in [0.4, 0.5) is 0 Å². The molecule has 10 heavy (non-hydrogen) atoms. The van der Waals surface area contributed by atoms with Gasteiger partial charge < -0.3 is 5.32 Å². The fourth-order valence-electron chi connectivity index (χ4n) is 1.08. The van der Waals surface area contributed by atoms with E-state index in [1.165, 1.54) is 0 Å². The van der Waals surface area contributed by atoms with Gasteiger partial charge in [-0.05, 0) is 12.8 Å². The van der Waals surface area contributed by atoms with Crippen LogP contribution in [0.3, 0.4) is 0 Å². The largest absolute Gasteiger partial charge is 0.301 e. The molecule has 1 fully saturated rings. The maximum absolute atomic E-state index is 8.48. The molecule has 52 valence electrons. The highest BCUT2D eigenvalue weighted by atomic mass is 14.9. The fraction of sp³-hybridized carbons (Fsp3) is 0.714. The second-order valence-electron chi connectivity index (χ2n) is 2.49. The maximum atomic E-state index is 8.48. The molecule has 1 N–H and O–H groups in total. The van der Waals surface area contributed by atoms with Gasteiger partial charge in [0, 0.05) is 6.54 Å². The van der Waals surface area contributed by atoms with Gasteiger partial charge in [-0.15, -0.1) is 0 Å². The van der Waals surface area contributed by atoms with Crippen LogP contribution < -0.4 is 5.32 Å². The minimum absolute atomic E-state index is 0.0235. The van der Waals surface area contributed by atoms with Gasteiger partial charge in [-0.3, -0.25) is 0 Å². The van der Waals surface area contributed by atoms with Crippen molar-refractivity contribution in [3.05, 3.63) is 0 Å². The standard InChI is InChI=1S/C7H9N3/c8-3-6-1-2-7(4-9)10-5-6/h6-7,10H,1-2,5H2/t6-,7+/m0/s1. The van der Waals surface area contributed by atoms with E-state index in [0.29, 0.717) is 6.54 Å². The van der Waals surface area contributed by atoms with Gasteiger partial charge >= 0.3 is 0 Å². The Bertz CT molecular complexity index is 156. The number of piperidine rings is 1. The van der Waals surface area contributed by atoms with Crippen molar-refractivity contribution in [3.63, 3.8) is 0 Å². The summed E-state index contributed by atoms with van der Waals surface area (Å²) < 4.78 is 0. The summed E-state index contributed by atoms with van der Waals surface area (Å²) >= 11 is 0. The normalized spacial score (nSPS) is 32.2. The van der Waals surface area contributed by atoms with E-state index < -0.39 is 0 Å². The monoisotopic (exact) mass is 135 g/mol. The topological polar surface area (TPSA) is 59.6 Å². The maximum Gasteiger partial charge on any atom is 0.0953 e. The Hall–Kier alpha value is -1.06. The van der Waals surface area contributed by atoms with Crippen LogP contribution in [0, 0.1) is 28.6 Å². The van der Waals surface area contributed by atoms with E-state index in [1.807, 2.05) is 0 Å². The molecular formula is C7H9N3. The predicted octanol–water partition coefficient (Wildman–Crippen LogP) is 0.402. The lowest BCUT2D eigenvalue weighted by Crippen LogP contribution is -2.37. The summed E-state index contributed by atoms with van der Waals surface area (Å²) in [6, 6.07) is 4.28. The molecule has 1 rings (SSSR count). The minimum atomic E-state index is -0.0235. The highest BCUT2D eigenvalue weighted by Gasteiger charge is 2.18. The molecule has 0 amide bonds. The molecule has 0 bridgehead atoms. The molecule has 0 aromatic carbocycles. The Kier molecular flexibility index (Phi) is 2.25. The van der Waals surface area contributed by atoms with Gasteiger partial charge in [0.2, 0.25) is 0 Å². The van der Waals surface area contributed by atoms with Gasteiger partial charge in [0.1, 0.15) is 0 Å². The molecule has 3 nitrogen and oxygen atoms in total. The van der Waals surface area contributed by atoms with Crippen LogP contribution in [-0.4, -0.2) is 12.6 Å². The first-order chi connectivity index (χ1) is 4.86. The average molecular weight is 135 g/mol. The number of nitrogens with one attached hydrogen (secondary N) is 1. The Morgan fingerprint density at radius 1 is 1.20 bits per heavy atom. The van der Waals surface area contributed by atoms with Crippen LogP contribution in [-0.2, 0) is 0 Å². The van der Waals surface area contributed by atoms with Crippen molar-refractivity contribution in [1.82, 2.24) is 5.32 Å². The molecule has 1 heterocycles. The average Bonchev–Trinajstić information content (AvgIpc) is 2.05. The summed E-state index contributed by atoms with van der Waals surface area (Å²) in [6.45, 7) is 0.675. The zero-order chi connectivity index (χ0) is 7.40. The Balaban J connectivity index is 2.34. The van der Waals surface area contributed by atoms with Crippen LogP contribution in [0.15, 0.2) is 0 Å². The molecule has 2 atom stereocenters. The van der Waals surface area contributed by atoms with E-state index in [1.54, 1.807) is 0 Å². The second kappa shape index (κ2) is 3.20. The molecule has 0 spiro atoms. The smallest absolute Gasteiger partial charge is 0.0953 e. The SMILES string of the molecule is N#C[C@@H]1CC[C@H](C#N)NC1. The summed E-state index contributed by atoms with van der Waals surface area (Å²) in [5.74, 6) is 0.115. The number of nitrogens with zero attached hydrogens (tertiary/aromatic N) is 2. The first-order valence-corrected chi connectivity index (χ1v) is 3.39. The summed E-state index contributed by atoms with van der Waals surface area (Å²) in [4.78, 5) is 0. The molecule has 1 aliphatic rings. The number of rotatable bonds is 0. The minimum Gasteiger partial charge on any atom is -0.301 e. The zero-order valence-electron chi connectivity index (χ0n) is 5.67. The molecule has 0 unspecified atom stereocenters. The molecule has 0 saturated carbocycles. The Morgan fingerprint density at radius 2 is 2.00 bits per heavy atom. The van der Waals surface area contributed by atoms with Gasteiger partial charge in [0.25, 0.3) is 0 Å². The van der Waals surface area contributed by atoms with Gasteiger partial charge in [-0.1, -0.05) is 0 Å². The summed E-state index contributed by atoms with van der Waals surface area (Å²) in [7, 11) is 0. The van der Waals surface area contributed by atoms with Crippen molar-refractivity contribution in [1.29, 1.82) is 10.5 Å². The molecule has 3 heteroatoms. The van der Waals surface area contributed by atoms with Crippen molar-refractivity contribution in [2.45, 2.75) is 18.9 Å². The highest BCUT2D eigenvalue weighted by molar-refractivity contribution is 4.98. The van der Waals surface area contributed by atoms with Gasteiger partial charge in [-0.2, -0.15) is 10.5 Å². The fourth-order valence-corrected chi connectivity index (χ4v) is 1.08. The van der Waals surface area contributed by atoms with Crippen molar-refractivity contribution in [2.75, 3.05) is 6.54 Å². The first-order valence-electron chi connectivity index (χ1n) is 3.39. The summed E-state index contributed by atoms with van der Waals surface area (Å²) in [5, 5.41) is 19.9. The van der Waals surface area contributed by atoms with Crippen LogP contribution in [0.25, 0.3) is 0 Å². The molecule has 0 radical (unpaired) electrons. The predicted molar refractivity (Wildman–Crippen MR) is 35.7 cm³/mol. The highest BCUT2D eigenvalue weighted by Crippen LogP contribution is 2.12. The van der Waals surface area contributed by atoms with E-state index in [2.05, 4.69) is 17.5 Å². The number of hydrogen-bond donors (Lipinski definition) is 1. The van der Waals surface area contributed by atoms with Crippen LogP contribution >= 0.6 is 0 Å². The van der Waals surface area contributed by atoms with Crippen LogP contribution in [0.5, 0.6) is 0 Å². The lowest BCUT2D eigenvalue weighted by atomic mass is 9.97. The molecule has 1 saturated heterocycles. The number of hydrogen-bond acceptors (Lipinski definition) is 3. The van der Waals surface area contributed by atoms with Crippen molar-refractivity contribution >= 4 is 0 Å². The summed E-state index contributed by atoms with van der Waals surface area (Å²) in [5.41, 5.74) is 0. The first kappa shape index (κ1) is 7.05. The molecular weight excluding hydrogens is 126 g/mol. The quantitative estimate of drug-likeness (QED) is 0.523. The lowest BCUT2D eigenvalue weighted by Gasteiger charge is -2.20. The molecule has 0 aromatic rings. The zero-order valence-corrected chi connectivity index (χ0v) is 5.67. The van der Waals surface area contributed by atoms with E-state index in [9.17, 15) is 0 Å². The lowest BCUT2D eigenvalue weighted by molar-refractivity contribution is 0.400. The van der Waals surface area contributed by atoms with Crippen LogP contribution in [0.2, 0.25) is 0 Å². The third kappa shape index (κ3) is 1.46. The van der Waals surface area contributed by atoms with Crippen molar-refractivity contribution in [2.24, 2.45) is 5.92 Å². The van der Waals surface area contributed by atoms with Crippen molar-refractivity contribution in [3.8, 4) is 12.1 Å². The van der Waals surface area contributed by atoms with E-state index in [4.69, 9.17) is 10.5 Å². The molecule has 1 aliphatic heterocycles.